The Bertz CT molecular complexity index is 344. The monoisotopic (exact) mass is 189 g/mol. The first-order valence-electron chi connectivity index (χ1n) is 2.55. The van der Waals surface area contributed by atoms with E-state index in [1.54, 1.807) is 0 Å². The highest BCUT2D eigenvalue weighted by atomic mass is 32.2. The van der Waals surface area contributed by atoms with E-state index in [9.17, 15) is 8.42 Å². The molecule has 4 nitrogen and oxygen atoms in total. The summed E-state index contributed by atoms with van der Waals surface area (Å²) >= 11 is 1.15. The van der Waals surface area contributed by atoms with E-state index < -0.39 is 10.0 Å². The van der Waals surface area contributed by atoms with Crippen LogP contribution in [0, 0.1) is 0 Å². The lowest BCUT2D eigenvalue weighted by Gasteiger charge is -1.98. The number of hydrogen-bond donors (Lipinski definition) is 2. The number of sulfonamides is 1. The van der Waals surface area contributed by atoms with Crippen molar-refractivity contribution < 1.29 is 13.6 Å². The van der Waals surface area contributed by atoms with Gasteiger partial charge in [0.2, 0.25) is 0 Å². The van der Waals surface area contributed by atoms with Crippen LogP contribution < -0.4 is 10.3 Å². The van der Waals surface area contributed by atoms with Crippen LogP contribution in [-0.2, 0) is 10.0 Å². The molecule has 1 aromatic rings. The van der Waals surface area contributed by atoms with Crippen LogP contribution in [0.3, 0.4) is 0 Å². The maximum absolute atomic E-state index is 10.8. The predicted octanol–water partition coefficient (Wildman–Crippen LogP) is -0.791. The lowest BCUT2D eigenvalue weighted by Crippen LogP contribution is -2.24. The second kappa shape index (κ2) is 2.94. The van der Waals surface area contributed by atoms with E-state index in [0.29, 0.717) is 0 Å². The van der Waals surface area contributed by atoms with Crippen LogP contribution in [0.25, 0.3) is 0 Å². The Labute approximate surface area is 69.3 Å². The second-order valence-electron chi connectivity index (χ2n) is 1.79. The van der Waals surface area contributed by atoms with Crippen LogP contribution >= 0.6 is 11.3 Å². The third kappa shape index (κ3) is 1.62. The van der Waals surface area contributed by atoms with E-state index in [4.69, 9.17) is 13.1 Å². The quantitative estimate of drug-likeness (QED) is 0.473. The van der Waals surface area contributed by atoms with Gasteiger partial charge in [0.1, 0.15) is 7.85 Å². The molecule has 0 aliphatic rings. The molecule has 1 rings (SSSR count). The van der Waals surface area contributed by atoms with E-state index >= 15 is 0 Å². The van der Waals surface area contributed by atoms with Gasteiger partial charge >= 0.3 is 0 Å². The van der Waals surface area contributed by atoms with Crippen molar-refractivity contribution in [1.82, 2.24) is 4.89 Å². The van der Waals surface area contributed by atoms with E-state index in [1.165, 1.54) is 15.6 Å². The maximum atomic E-state index is 10.8. The minimum Gasteiger partial charge on any atom is -0.302 e. The van der Waals surface area contributed by atoms with Gasteiger partial charge in [-0.15, -0.1) is 0 Å². The standard InChI is InChI=1S/C4H4BNO3S2/c5-3-1-10-2-4(3)11(8,9)6-7/h1-2,6-7H. The summed E-state index contributed by atoms with van der Waals surface area (Å²) in [6, 6.07) is 0. The molecule has 0 aliphatic carbocycles. The molecule has 0 aromatic carbocycles. The molecule has 2 radical (unpaired) electrons. The van der Waals surface area contributed by atoms with Crippen LogP contribution in [0.2, 0.25) is 0 Å². The molecule has 11 heavy (non-hydrogen) atoms. The zero-order valence-corrected chi connectivity index (χ0v) is 6.95. The lowest BCUT2D eigenvalue weighted by atomic mass is 10.0. The second-order valence-corrected chi connectivity index (χ2v) is 4.16. The molecule has 2 N–H and O–H groups in total. The Balaban J connectivity index is 3.22. The molecule has 0 saturated carbocycles. The zero-order chi connectivity index (χ0) is 8.48. The largest absolute Gasteiger partial charge is 0.302 e. The Morgan fingerprint density at radius 3 is 2.55 bits per heavy atom. The summed E-state index contributed by atoms with van der Waals surface area (Å²) in [4.78, 5) is 1.09. The van der Waals surface area contributed by atoms with Crippen molar-refractivity contribution in [2.45, 2.75) is 4.90 Å². The molecule has 0 atom stereocenters. The SMILES string of the molecule is [B]c1cscc1S(=O)(=O)NO. The van der Waals surface area contributed by atoms with Gasteiger partial charge in [-0.25, -0.2) is 8.42 Å². The van der Waals surface area contributed by atoms with Gasteiger partial charge < -0.3 is 5.21 Å². The Morgan fingerprint density at radius 2 is 2.18 bits per heavy atom. The van der Waals surface area contributed by atoms with Gasteiger partial charge in [0.05, 0.1) is 4.90 Å². The molecule has 0 amide bonds. The highest BCUT2D eigenvalue weighted by Gasteiger charge is 2.14. The van der Waals surface area contributed by atoms with E-state index in [2.05, 4.69) is 0 Å². The number of nitrogens with one attached hydrogen (secondary N) is 1. The lowest BCUT2D eigenvalue weighted by molar-refractivity contribution is 0.243. The van der Waals surface area contributed by atoms with Crippen LogP contribution in [0.15, 0.2) is 15.7 Å². The van der Waals surface area contributed by atoms with E-state index in [-0.39, 0.29) is 10.4 Å². The van der Waals surface area contributed by atoms with E-state index in [1.807, 2.05) is 0 Å². The normalized spacial score (nSPS) is 11.7. The first-order chi connectivity index (χ1) is 5.08. The highest BCUT2D eigenvalue weighted by Crippen LogP contribution is 2.08. The van der Waals surface area contributed by atoms with Gasteiger partial charge in [0, 0.05) is 5.38 Å². The molecular formula is C4H4BNO3S2. The van der Waals surface area contributed by atoms with Crippen LogP contribution in [0.4, 0.5) is 0 Å². The molecule has 0 aliphatic heterocycles. The summed E-state index contributed by atoms with van der Waals surface area (Å²) in [6.07, 6.45) is 0. The van der Waals surface area contributed by atoms with Crippen LogP contribution in [-0.4, -0.2) is 21.5 Å². The Hall–Kier alpha value is -0.365. The molecule has 1 aromatic heterocycles. The van der Waals surface area contributed by atoms with Gasteiger partial charge in [-0.2, -0.15) is 11.3 Å². The highest BCUT2D eigenvalue weighted by molar-refractivity contribution is 7.89. The Morgan fingerprint density at radius 1 is 1.55 bits per heavy atom. The fourth-order valence-corrected chi connectivity index (χ4v) is 2.38. The number of rotatable bonds is 2. The summed E-state index contributed by atoms with van der Waals surface area (Å²) in [5, 5.41) is 11.0. The molecule has 7 heteroatoms. The number of thiophene rings is 1. The smallest absolute Gasteiger partial charge is 0.262 e. The average molecular weight is 189 g/mol. The minimum absolute atomic E-state index is 0.0926. The molecule has 0 unspecified atom stereocenters. The molecule has 0 spiro atoms. The maximum Gasteiger partial charge on any atom is 0.262 e. The Kier molecular flexibility index (Phi) is 2.33. The van der Waals surface area contributed by atoms with Crippen LogP contribution in [0.1, 0.15) is 0 Å². The first-order valence-corrected chi connectivity index (χ1v) is 4.98. The molecule has 58 valence electrons. The summed E-state index contributed by atoms with van der Waals surface area (Å²) < 4.78 is 21.7. The van der Waals surface area contributed by atoms with Crippen molar-refractivity contribution in [3.63, 3.8) is 0 Å². The summed E-state index contributed by atoms with van der Waals surface area (Å²) in [7, 11) is 1.49. The molecule has 1 heterocycles. The third-order valence-corrected chi connectivity index (χ3v) is 3.15. The topological polar surface area (TPSA) is 66.4 Å². The molecule has 0 bridgehead atoms. The van der Waals surface area contributed by atoms with Crippen molar-refractivity contribution >= 4 is 34.7 Å². The van der Waals surface area contributed by atoms with Gasteiger partial charge in [-0.05, 0) is 5.38 Å². The van der Waals surface area contributed by atoms with Gasteiger partial charge in [0.15, 0.2) is 0 Å². The van der Waals surface area contributed by atoms with Crippen molar-refractivity contribution in [3.05, 3.63) is 10.8 Å². The predicted molar refractivity (Wildman–Crippen MR) is 41.8 cm³/mol. The van der Waals surface area contributed by atoms with Gasteiger partial charge in [0.25, 0.3) is 10.0 Å². The van der Waals surface area contributed by atoms with Crippen LogP contribution in [0.5, 0.6) is 0 Å². The molecule has 0 saturated heterocycles. The van der Waals surface area contributed by atoms with Crippen molar-refractivity contribution in [2.75, 3.05) is 0 Å². The van der Waals surface area contributed by atoms with Gasteiger partial charge in [-0.1, -0.05) is 10.3 Å². The molecular weight excluding hydrogens is 185 g/mol. The van der Waals surface area contributed by atoms with Gasteiger partial charge in [-0.3, -0.25) is 0 Å². The van der Waals surface area contributed by atoms with Crippen molar-refractivity contribution in [1.29, 1.82) is 0 Å². The minimum atomic E-state index is -3.79. The number of hydrogen-bond acceptors (Lipinski definition) is 4. The van der Waals surface area contributed by atoms with Crippen molar-refractivity contribution in [3.8, 4) is 0 Å². The fraction of sp³-hybridized carbons (Fsp3) is 0. The third-order valence-electron chi connectivity index (χ3n) is 1.06. The summed E-state index contributed by atoms with van der Waals surface area (Å²) in [6.45, 7) is 0. The summed E-state index contributed by atoms with van der Waals surface area (Å²) in [5.41, 5.74) is 0.136. The van der Waals surface area contributed by atoms with E-state index in [0.717, 1.165) is 11.3 Å². The average Bonchev–Trinajstić information content (AvgIpc) is 2.36. The summed E-state index contributed by atoms with van der Waals surface area (Å²) in [5.74, 6) is 0. The van der Waals surface area contributed by atoms with Crippen molar-refractivity contribution in [2.24, 2.45) is 0 Å². The fourth-order valence-electron chi connectivity index (χ4n) is 0.563. The first kappa shape index (κ1) is 8.73. The molecule has 0 fully saturated rings. The zero-order valence-electron chi connectivity index (χ0n) is 5.31.